The van der Waals surface area contributed by atoms with Crippen molar-refractivity contribution in [3.63, 3.8) is 0 Å². The van der Waals surface area contributed by atoms with E-state index in [9.17, 15) is 9.59 Å². The van der Waals surface area contributed by atoms with Crippen molar-refractivity contribution in [3.05, 3.63) is 29.8 Å². The summed E-state index contributed by atoms with van der Waals surface area (Å²) in [7, 11) is 0. The van der Waals surface area contributed by atoms with Crippen molar-refractivity contribution < 1.29 is 14.3 Å². The predicted molar refractivity (Wildman–Crippen MR) is 98.9 cm³/mol. The summed E-state index contributed by atoms with van der Waals surface area (Å²) in [5.74, 6) is 0.0733. The second kappa shape index (κ2) is 8.10. The summed E-state index contributed by atoms with van der Waals surface area (Å²) in [4.78, 5) is 28.1. The average molecular weight is 363 g/mol. The minimum atomic E-state index is -0.520. The number of nitrogens with zero attached hydrogens (tertiary/aromatic N) is 2. The molecule has 3 rings (SSSR count). The van der Waals surface area contributed by atoms with Crippen LogP contribution in [0.1, 0.15) is 23.2 Å². The number of rotatable bonds is 6. The van der Waals surface area contributed by atoms with Crippen molar-refractivity contribution in [2.75, 3.05) is 39.0 Å². The lowest BCUT2D eigenvalue weighted by molar-refractivity contribution is -0.119. The van der Waals surface area contributed by atoms with Crippen molar-refractivity contribution in [1.82, 2.24) is 9.80 Å². The lowest BCUT2D eigenvalue weighted by Gasteiger charge is -2.27. The highest BCUT2D eigenvalue weighted by Gasteiger charge is 2.39. The van der Waals surface area contributed by atoms with Crippen LogP contribution in [-0.4, -0.2) is 71.9 Å². The molecule has 2 heterocycles. The van der Waals surface area contributed by atoms with E-state index < -0.39 is 5.91 Å². The molecule has 0 aliphatic carbocycles. The van der Waals surface area contributed by atoms with E-state index in [4.69, 9.17) is 10.5 Å². The third kappa shape index (κ3) is 4.27. The first-order chi connectivity index (χ1) is 12.1. The minimum absolute atomic E-state index is 0.0576. The van der Waals surface area contributed by atoms with E-state index in [0.29, 0.717) is 22.6 Å². The first-order valence-corrected chi connectivity index (χ1v) is 9.94. The number of amides is 2. The Morgan fingerprint density at radius 3 is 2.48 bits per heavy atom. The molecule has 2 amide bonds. The van der Waals surface area contributed by atoms with Crippen molar-refractivity contribution in [2.24, 2.45) is 5.73 Å². The fourth-order valence-electron chi connectivity index (χ4n) is 3.61. The maximum absolute atomic E-state index is 12.8. The smallest absolute Gasteiger partial charge is 0.255 e. The lowest BCUT2D eigenvalue weighted by Crippen LogP contribution is -2.40. The van der Waals surface area contributed by atoms with Gasteiger partial charge < -0.3 is 15.4 Å². The van der Waals surface area contributed by atoms with Crippen molar-refractivity contribution in [3.8, 4) is 5.75 Å². The lowest BCUT2D eigenvalue weighted by atomic mass is 10.2. The average Bonchev–Trinajstić information content (AvgIpc) is 3.28. The first kappa shape index (κ1) is 18.1. The predicted octanol–water partition coefficient (Wildman–Crippen LogP) is 1.20. The molecule has 0 spiro atoms. The molecule has 0 radical (unpaired) electrons. The maximum Gasteiger partial charge on any atom is 0.255 e. The molecule has 6 nitrogen and oxygen atoms in total. The van der Waals surface area contributed by atoms with Crippen LogP contribution in [0, 0.1) is 0 Å². The molecule has 2 aliphatic rings. The SMILES string of the molecule is CSC1CN(C(=O)c2ccc(OCC(N)=O)cc2)CC1N1CCCC1. The quantitative estimate of drug-likeness (QED) is 0.822. The number of nitrogens with two attached hydrogens (primary N) is 1. The monoisotopic (exact) mass is 363 g/mol. The second-order valence-corrected chi connectivity index (χ2v) is 7.65. The van der Waals surface area contributed by atoms with E-state index in [0.717, 1.165) is 26.2 Å². The Hall–Kier alpha value is -1.73. The Labute approximate surface area is 152 Å². The van der Waals surface area contributed by atoms with Crippen LogP contribution in [-0.2, 0) is 4.79 Å². The van der Waals surface area contributed by atoms with Gasteiger partial charge in [-0.1, -0.05) is 0 Å². The van der Waals surface area contributed by atoms with Crippen LogP contribution in [0.5, 0.6) is 5.75 Å². The summed E-state index contributed by atoms with van der Waals surface area (Å²) < 4.78 is 5.24. The number of primary amides is 1. The third-order valence-electron chi connectivity index (χ3n) is 4.92. The Balaban J connectivity index is 1.63. The molecule has 136 valence electrons. The van der Waals surface area contributed by atoms with Crippen molar-refractivity contribution >= 4 is 23.6 Å². The summed E-state index contributed by atoms with van der Waals surface area (Å²) in [6.45, 7) is 3.73. The van der Waals surface area contributed by atoms with Gasteiger partial charge in [-0.15, -0.1) is 0 Å². The number of thioether (sulfide) groups is 1. The topological polar surface area (TPSA) is 75.9 Å². The van der Waals surface area contributed by atoms with Gasteiger partial charge in [0.2, 0.25) is 0 Å². The Kier molecular flexibility index (Phi) is 5.86. The van der Waals surface area contributed by atoms with Gasteiger partial charge in [-0.2, -0.15) is 11.8 Å². The van der Waals surface area contributed by atoms with E-state index in [1.165, 1.54) is 12.8 Å². The van der Waals surface area contributed by atoms with E-state index in [1.54, 1.807) is 24.3 Å². The highest BCUT2D eigenvalue weighted by molar-refractivity contribution is 7.99. The van der Waals surface area contributed by atoms with Gasteiger partial charge in [0, 0.05) is 29.9 Å². The molecule has 2 aliphatic heterocycles. The summed E-state index contributed by atoms with van der Waals surface area (Å²) in [5.41, 5.74) is 5.71. The van der Waals surface area contributed by atoms with Gasteiger partial charge in [0.25, 0.3) is 11.8 Å². The molecule has 2 saturated heterocycles. The van der Waals surface area contributed by atoms with Crippen LogP contribution < -0.4 is 10.5 Å². The number of likely N-dealkylation sites (tertiary alicyclic amines) is 2. The van der Waals surface area contributed by atoms with Crippen LogP contribution >= 0.6 is 11.8 Å². The molecule has 1 aromatic rings. The van der Waals surface area contributed by atoms with Gasteiger partial charge in [0.1, 0.15) is 5.75 Å². The van der Waals surface area contributed by atoms with E-state index >= 15 is 0 Å². The van der Waals surface area contributed by atoms with Crippen LogP contribution in [0.25, 0.3) is 0 Å². The number of hydrogen-bond acceptors (Lipinski definition) is 5. The number of carbonyl (C=O) groups excluding carboxylic acids is 2. The number of ether oxygens (including phenoxy) is 1. The van der Waals surface area contributed by atoms with Crippen LogP contribution in [0.3, 0.4) is 0 Å². The highest BCUT2D eigenvalue weighted by Crippen LogP contribution is 2.29. The summed E-state index contributed by atoms with van der Waals surface area (Å²) >= 11 is 1.86. The number of hydrogen-bond donors (Lipinski definition) is 1. The molecule has 1 aromatic carbocycles. The number of carbonyl (C=O) groups is 2. The Bertz CT molecular complexity index is 616. The van der Waals surface area contributed by atoms with Gasteiger partial charge in [0.05, 0.1) is 0 Å². The molecule has 0 saturated carbocycles. The minimum Gasteiger partial charge on any atom is -0.484 e. The molecule has 2 N–H and O–H groups in total. The third-order valence-corrected chi connectivity index (χ3v) is 5.99. The number of benzene rings is 1. The molecule has 25 heavy (non-hydrogen) atoms. The van der Waals surface area contributed by atoms with Gasteiger partial charge in [-0.3, -0.25) is 14.5 Å². The molecule has 0 aromatic heterocycles. The zero-order chi connectivity index (χ0) is 17.8. The fraction of sp³-hybridized carbons (Fsp3) is 0.556. The molecular weight excluding hydrogens is 338 g/mol. The molecule has 2 unspecified atom stereocenters. The van der Waals surface area contributed by atoms with Crippen LogP contribution in [0.15, 0.2) is 24.3 Å². The molecule has 2 fully saturated rings. The zero-order valence-corrected chi connectivity index (χ0v) is 15.3. The Morgan fingerprint density at radius 2 is 1.88 bits per heavy atom. The van der Waals surface area contributed by atoms with Crippen LogP contribution in [0.4, 0.5) is 0 Å². The van der Waals surface area contributed by atoms with Crippen LogP contribution in [0.2, 0.25) is 0 Å². The second-order valence-electron chi connectivity index (χ2n) is 6.57. The highest BCUT2D eigenvalue weighted by atomic mass is 32.2. The van der Waals surface area contributed by atoms with Crippen molar-refractivity contribution in [1.29, 1.82) is 0 Å². The summed E-state index contributed by atoms with van der Waals surface area (Å²) in [6, 6.07) is 7.36. The summed E-state index contributed by atoms with van der Waals surface area (Å²) in [5, 5.41) is 0.472. The maximum atomic E-state index is 12.8. The molecule has 0 bridgehead atoms. The van der Waals surface area contributed by atoms with E-state index in [1.807, 2.05) is 16.7 Å². The zero-order valence-electron chi connectivity index (χ0n) is 14.5. The Morgan fingerprint density at radius 1 is 1.20 bits per heavy atom. The van der Waals surface area contributed by atoms with Gasteiger partial charge >= 0.3 is 0 Å². The standard InChI is InChI=1S/C18H25N3O3S/c1-25-16-11-21(10-15(16)20-8-2-3-9-20)18(23)13-4-6-14(7-5-13)24-12-17(19)22/h4-7,15-16H,2-3,8-12H2,1H3,(H2,19,22). The van der Waals surface area contributed by atoms with Gasteiger partial charge in [0.15, 0.2) is 6.61 Å². The molecular formula is C18H25N3O3S. The van der Waals surface area contributed by atoms with Crippen molar-refractivity contribution in [2.45, 2.75) is 24.1 Å². The first-order valence-electron chi connectivity index (χ1n) is 8.66. The van der Waals surface area contributed by atoms with E-state index in [-0.39, 0.29) is 12.5 Å². The molecule has 7 heteroatoms. The summed E-state index contributed by atoms with van der Waals surface area (Å²) in [6.07, 6.45) is 4.66. The normalized spacial score (nSPS) is 23.8. The molecule has 2 atom stereocenters. The fourth-order valence-corrected chi connectivity index (χ4v) is 4.51. The van der Waals surface area contributed by atoms with E-state index in [2.05, 4.69) is 11.2 Å². The van der Waals surface area contributed by atoms with Gasteiger partial charge in [-0.25, -0.2) is 0 Å². The largest absolute Gasteiger partial charge is 0.484 e. The van der Waals surface area contributed by atoms with Gasteiger partial charge in [-0.05, 0) is 56.5 Å².